The number of aromatic nitrogens is 2. The van der Waals surface area contributed by atoms with Crippen molar-refractivity contribution in [1.82, 2.24) is 10.2 Å². The Balaban J connectivity index is 2.06. The van der Waals surface area contributed by atoms with Gasteiger partial charge in [0.25, 0.3) is 5.69 Å². The van der Waals surface area contributed by atoms with E-state index in [-0.39, 0.29) is 15.9 Å². The molecule has 0 aliphatic carbocycles. The molecule has 20 heavy (non-hydrogen) atoms. The van der Waals surface area contributed by atoms with Crippen molar-refractivity contribution in [2.45, 2.75) is 0 Å². The number of nitrogens with zero attached hydrogens (tertiary/aromatic N) is 4. The minimum atomic E-state index is -0.469. The number of anilines is 1. The second-order valence-electron chi connectivity index (χ2n) is 3.58. The van der Waals surface area contributed by atoms with Crippen LogP contribution in [0.1, 0.15) is 5.56 Å². The molecule has 9 heteroatoms. The van der Waals surface area contributed by atoms with E-state index in [9.17, 15) is 10.1 Å². The number of benzene rings is 1. The number of nitro groups is 1. The fourth-order valence-corrected chi connectivity index (χ4v) is 1.56. The zero-order chi connectivity index (χ0) is 14.5. The maximum absolute atomic E-state index is 10.5. The second-order valence-corrected chi connectivity index (χ2v) is 4.32. The van der Waals surface area contributed by atoms with Crippen LogP contribution in [0.5, 0.6) is 0 Å². The molecule has 1 aromatic heterocycles. The van der Waals surface area contributed by atoms with Crippen molar-refractivity contribution >= 4 is 40.8 Å². The minimum Gasteiger partial charge on any atom is -0.275 e. The lowest BCUT2D eigenvalue weighted by molar-refractivity contribution is -0.384. The normalized spacial score (nSPS) is 10.7. The zero-order valence-electron chi connectivity index (χ0n) is 9.83. The number of hydrogen-bond acceptors (Lipinski definition) is 6. The Morgan fingerprint density at radius 1 is 1.30 bits per heavy atom. The van der Waals surface area contributed by atoms with E-state index >= 15 is 0 Å². The molecule has 1 aromatic carbocycles. The Kier molecular flexibility index (Phi) is 4.44. The average molecular weight is 312 g/mol. The van der Waals surface area contributed by atoms with E-state index in [0.717, 1.165) is 0 Å². The lowest BCUT2D eigenvalue weighted by atomic mass is 10.2. The van der Waals surface area contributed by atoms with Crippen molar-refractivity contribution in [1.29, 1.82) is 0 Å². The summed E-state index contributed by atoms with van der Waals surface area (Å²) in [4.78, 5) is 10.0. The average Bonchev–Trinajstić information content (AvgIpc) is 2.44. The predicted molar refractivity (Wildman–Crippen MR) is 76.4 cm³/mol. The predicted octanol–water partition coefficient (Wildman–Crippen LogP) is 3.14. The van der Waals surface area contributed by atoms with Gasteiger partial charge in [-0.2, -0.15) is 10.2 Å². The fourth-order valence-electron chi connectivity index (χ4n) is 1.29. The molecule has 1 N–H and O–H groups in total. The highest BCUT2D eigenvalue weighted by atomic mass is 35.5. The molecule has 0 unspecified atom stereocenters. The monoisotopic (exact) mass is 311 g/mol. The molecule has 0 spiro atoms. The van der Waals surface area contributed by atoms with Crippen LogP contribution in [-0.2, 0) is 0 Å². The summed E-state index contributed by atoms with van der Waals surface area (Å²) >= 11 is 11.6. The van der Waals surface area contributed by atoms with Crippen LogP contribution in [0.15, 0.2) is 35.6 Å². The maximum atomic E-state index is 10.5. The summed E-state index contributed by atoms with van der Waals surface area (Å²) in [6.07, 6.45) is 2.86. The molecule has 2 aromatic rings. The molecule has 0 atom stereocenters. The summed E-state index contributed by atoms with van der Waals surface area (Å²) in [5.41, 5.74) is 3.77. The van der Waals surface area contributed by atoms with Gasteiger partial charge in [0.15, 0.2) is 5.15 Å². The zero-order valence-corrected chi connectivity index (χ0v) is 11.3. The Morgan fingerprint density at radius 2 is 2.00 bits per heavy atom. The largest absolute Gasteiger partial charge is 0.275 e. The van der Waals surface area contributed by atoms with Crippen molar-refractivity contribution < 1.29 is 4.92 Å². The van der Waals surface area contributed by atoms with Gasteiger partial charge in [0.2, 0.25) is 0 Å². The van der Waals surface area contributed by atoms with Crippen LogP contribution >= 0.6 is 23.2 Å². The number of hydrogen-bond donors (Lipinski definition) is 1. The number of hydrazone groups is 1. The SMILES string of the molecule is O=[N+]([O-])c1ccc(/C=N\Nc2cnnc(Cl)c2Cl)cc1. The minimum absolute atomic E-state index is 0.0169. The highest BCUT2D eigenvalue weighted by molar-refractivity contribution is 6.42. The first-order valence-electron chi connectivity index (χ1n) is 5.28. The van der Waals surface area contributed by atoms with Gasteiger partial charge in [-0.15, -0.1) is 5.10 Å². The Hall–Kier alpha value is -2.25. The smallest absolute Gasteiger partial charge is 0.269 e. The molecule has 0 saturated heterocycles. The van der Waals surface area contributed by atoms with E-state index in [1.807, 2.05) is 0 Å². The number of nitro benzene ring substituents is 1. The van der Waals surface area contributed by atoms with Crippen molar-refractivity contribution in [2.24, 2.45) is 5.10 Å². The first kappa shape index (κ1) is 14.2. The van der Waals surface area contributed by atoms with Gasteiger partial charge in [-0.05, 0) is 17.7 Å². The van der Waals surface area contributed by atoms with E-state index in [1.165, 1.54) is 24.5 Å². The molecular formula is C11H7Cl2N5O2. The molecule has 7 nitrogen and oxygen atoms in total. The molecule has 0 fully saturated rings. The molecule has 0 aliphatic rings. The molecule has 0 aliphatic heterocycles. The summed E-state index contributed by atoms with van der Waals surface area (Å²) in [5.74, 6) is 0. The first-order chi connectivity index (χ1) is 9.58. The molecule has 0 radical (unpaired) electrons. The lowest BCUT2D eigenvalue weighted by Gasteiger charge is -2.02. The Labute approximate surface area is 123 Å². The van der Waals surface area contributed by atoms with Gasteiger partial charge in [0.05, 0.1) is 23.0 Å². The van der Waals surface area contributed by atoms with E-state index in [1.54, 1.807) is 12.1 Å². The third-order valence-corrected chi connectivity index (χ3v) is 3.00. The number of non-ortho nitro benzene ring substituents is 1. The van der Waals surface area contributed by atoms with Crippen molar-refractivity contribution in [3.05, 3.63) is 56.3 Å². The number of halogens is 2. The quantitative estimate of drug-likeness (QED) is 0.532. The van der Waals surface area contributed by atoms with E-state index in [2.05, 4.69) is 20.7 Å². The first-order valence-corrected chi connectivity index (χ1v) is 6.03. The van der Waals surface area contributed by atoms with Crippen molar-refractivity contribution in [2.75, 3.05) is 5.43 Å². The summed E-state index contributed by atoms with van der Waals surface area (Å²) < 4.78 is 0. The van der Waals surface area contributed by atoms with Gasteiger partial charge in [-0.25, -0.2) is 0 Å². The fraction of sp³-hybridized carbons (Fsp3) is 0. The van der Waals surface area contributed by atoms with Gasteiger partial charge in [-0.3, -0.25) is 15.5 Å². The van der Waals surface area contributed by atoms with Crippen LogP contribution in [0.2, 0.25) is 10.2 Å². The number of rotatable bonds is 4. The van der Waals surface area contributed by atoms with Crippen LogP contribution in [-0.4, -0.2) is 21.3 Å². The van der Waals surface area contributed by atoms with Crippen LogP contribution in [0, 0.1) is 10.1 Å². The highest BCUT2D eigenvalue weighted by Gasteiger charge is 2.05. The van der Waals surface area contributed by atoms with Gasteiger partial charge >= 0.3 is 0 Å². The number of nitrogens with one attached hydrogen (secondary N) is 1. The van der Waals surface area contributed by atoms with Crippen molar-refractivity contribution in [3.63, 3.8) is 0 Å². The van der Waals surface area contributed by atoms with Gasteiger partial charge < -0.3 is 0 Å². The third-order valence-electron chi connectivity index (χ3n) is 2.25. The highest BCUT2D eigenvalue weighted by Crippen LogP contribution is 2.26. The van der Waals surface area contributed by atoms with Gasteiger partial charge in [0.1, 0.15) is 5.02 Å². The van der Waals surface area contributed by atoms with E-state index < -0.39 is 4.92 Å². The third kappa shape index (κ3) is 3.40. The standard InChI is InChI=1S/C11H7Cl2N5O2/c12-10-9(6-15-17-11(10)13)16-14-5-7-1-3-8(4-2-7)18(19)20/h1-6H,(H,16,17)/b14-5-. The van der Waals surface area contributed by atoms with Crippen molar-refractivity contribution in [3.8, 4) is 0 Å². The second kappa shape index (κ2) is 6.27. The molecule has 0 bridgehead atoms. The van der Waals surface area contributed by atoms with Crippen LogP contribution in [0.25, 0.3) is 0 Å². The van der Waals surface area contributed by atoms with E-state index in [0.29, 0.717) is 11.3 Å². The summed E-state index contributed by atoms with van der Waals surface area (Å²) in [5, 5.41) is 21.9. The molecule has 0 saturated carbocycles. The summed E-state index contributed by atoms with van der Waals surface area (Å²) in [7, 11) is 0. The summed E-state index contributed by atoms with van der Waals surface area (Å²) in [6, 6.07) is 5.92. The van der Waals surface area contributed by atoms with Gasteiger partial charge in [-0.1, -0.05) is 23.2 Å². The molecule has 2 rings (SSSR count). The summed E-state index contributed by atoms with van der Waals surface area (Å²) in [6.45, 7) is 0. The van der Waals surface area contributed by atoms with Crippen LogP contribution in [0.3, 0.4) is 0 Å². The Morgan fingerprint density at radius 3 is 2.65 bits per heavy atom. The maximum Gasteiger partial charge on any atom is 0.269 e. The van der Waals surface area contributed by atoms with Gasteiger partial charge in [0, 0.05) is 12.1 Å². The molecule has 0 amide bonds. The molecule has 1 heterocycles. The lowest BCUT2D eigenvalue weighted by Crippen LogP contribution is -1.95. The van der Waals surface area contributed by atoms with Crippen LogP contribution < -0.4 is 5.43 Å². The van der Waals surface area contributed by atoms with Crippen LogP contribution in [0.4, 0.5) is 11.4 Å². The topological polar surface area (TPSA) is 93.3 Å². The Bertz CT molecular complexity index is 660. The molecule has 102 valence electrons. The van der Waals surface area contributed by atoms with E-state index in [4.69, 9.17) is 23.2 Å². The molecular weight excluding hydrogens is 305 g/mol.